The van der Waals surface area contributed by atoms with Gasteiger partial charge in [0.05, 0.1) is 19.8 Å². The zero-order valence-corrected chi connectivity index (χ0v) is 17.1. The van der Waals surface area contributed by atoms with Crippen LogP contribution in [-0.4, -0.2) is 41.7 Å². The summed E-state index contributed by atoms with van der Waals surface area (Å²) in [6, 6.07) is 8.76. The third-order valence-corrected chi connectivity index (χ3v) is 5.28. The monoisotopic (exact) mass is 431 g/mol. The SMILES string of the molecule is COc1ccc(-c2noc([C@H]3CCCN3C(=O)c3cc(Cl)ccc3F)n2)cc1OC. The van der Waals surface area contributed by atoms with Gasteiger partial charge in [-0.05, 0) is 49.2 Å². The summed E-state index contributed by atoms with van der Waals surface area (Å²) in [4.78, 5) is 19.0. The first-order chi connectivity index (χ1) is 14.5. The van der Waals surface area contributed by atoms with Crippen LogP contribution in [0.1, 0.15) is 35.1 Å². The average Bonchev–Trinajstić information content (AvgIpc) is 3.44. The maximum Gasteiger partial charge on any atom is 0.257 e. The molecular weight excluding hydrogens is 413 g/mol. The van der Waals surface area contributed by atoms with Gasteiger partial charge in [-0.3, -0.25) is 4.79 Å². The van der Waals surface area contributed by atoms with Gasteiger partial charge in [0.2, 0.25) is 11.7 Å². The molecule has 1 atom stereocenters. The van der Waals surface area contributed by atoms with E-state index in [1.54, 1.807) is 37.3 Å². The van der Waals surface area contributed by atoms with E-state index in [0.717, 1.165) is 6.42 Å². The fourth-order valence-corrected chi connectivity index (χ4v) is 3.72. The van der Waals surface area contributed by atoms with Crippen molar-refractivity contribution in [3.05, 3.63) is 58.7 Å². The van der Waals surface area contributed by atoms with Crippen molar-refractivity contribution in [1.29, 1.82) is 0 Å². The summed E-state index contributed by atoms with van der Waals surface area (Å²) in [6.45, 7) is 0.462. The molecule has 2 aromatic carbocycles. The second kappa shape index (κ2) is 8.31. The molecule has 0 radical (unpaired) electrons. The molecule has 0 unspecified atom stereocenters. The van der Waals surface area contributed by atoms with Crippen LogP contribution in [-0.2, 0) is 0 Å². The van der Waals surface area contributed by atoms with E-state index in [9.17, 15) is 9.18 Å². The molecule has 4 rings (SSSR count). The average molecular weight is 432 g/mol. The number of likely N-dealkylation sites (tertiary alicyclic amines) is 1. The number of carbonyl (C=O) groups excluding carboxylic acids is 1. The van der Waals surface area contributed by atoms with E-state index in [4.69, 9.17) is 25.6 Å². The van der Waals surface area contributed by atoms with Gasteiger partial charge in [-0.2, -0.15) is 4.98 Å². The van der Waals surface area contributed by atoms with Crippen LogP contribution in [0, 0.1) is 5.82 Å². The lowest BCUT2D eigenvalue weighted by atomic mass is 10.1. The number of nitrogens with zero attached hydrogens (tertiary/aromatic N) is 3. The summed E-state index contributed by atoms with van der Waals surface area (Å²) in [7, 11) is 3.10. The molecule has 0 spiro atoms. The highest BCUT2D eigenvalue weighted by molar-refractivity contribution is 6.31. The van der Waals surface area contributed by atoms with Crippen LogP contribution in [0.15, 0.2) is 40.9 Å². The molecule has 2 heterocycles. The number of rotatable bonds is 5. The van der Waals surface area contributed by atoms with Gasteiger partial charge in [0.15, 0.2) is 11.5 Å². The summed E-state index contributed by atoms with van der Waals surface area (Å²) in [5, 5.41) is 4.34. The molecule has 0 aliphatic carbocycles. The molecule has 9 heteroatoms. The molecule has 1 saturated heterocycles. The van der Waals surface area contributed by atoms with Crippen LogP contribution in [0.2, 0.25) is 5.02 Å². The van der Waals surface area contributed by atoms with Crippen molar-refractivity contribution < 1.29 is 23.2 Å². The minimum absolute atomic E-state index is 0.0750. The van der Waals surface area contributed by atoms with Crippen LogP contribution < -0.4 is 9.47 Å². The fraction of sp³-hybridized carbons (Fsp3) is 0.286. The first-order valence-electron chi connectivity index (χ1n) is 9.34. The number of benzene rings is 2. The molecular formula is C21H19ClFN3O4. The molecule has 3 aromatic rings. The van der Waals surface area contributed by atoms with Gasteiger partial charge in [-0.25, -0.2) is 4.39 Å². The van der Waals surface area contributed by atoms with Gasteiger partial charge in [-0.15, -0.1) is 0 Å². The van der Waals surface area contributed by atoms with E-state index in [-0.39, 0.29) is 5.56 Å². The molecule has 0 saturated carbocycles. The number of carbonyl (C=O) groups is 1. The summed E-state index contributed by atoms with van der Waals surface area (Å²) in [5.41, 5.74) is 0.605. The molecule has 1 amide bonds. The molecule has 1 aliphatic rings. The normalized spacial score (nSPS) is 16.0. The van der Waals surface area contributed by atoms with Crippen LogP contribution >= 0.6 is 11.6 Å². The third kappa shape index (κ3) is 3.70. The molecule has 1 fully saturated rings. The lowest BCUT2D eigenvalue weighted by Crippen LogP contribution is -2.31. The largest absolute Gasteiger partial charge is 0.493 e. The zero-order valence-electron chi connectivity index (χ0n) is 16.4. The lowest BCUT2D eigenvalue weighted by Gasteiger charge is -2.22. The third-order valence-electron chi connectivity index (χ3n) is 5.04. The minimum atomic E-state index is -0.619. The van der Waals surface area contributed by atoms with E-state index >= 15 is 0 Å². The highest BCUT2D eigenvalue weighted by atomic mass is 35.5. The predicted molar refractivity (Wildman–Crippen MR) is 107 cm³/mol. The topological polar surface area (TPSA) is 77.7 Å². The maximum absolute atomic E-state index is 14.2. The molecule has 1 aliphatic heterocycles. The van der Waals surface area contributed by atoms with Crippen molar-refractivity contribution in [2.45, 2.75) is 18.9 Å². The number of hydrogen-bond donors (Lipinski definition) is 0. The quantitative estimate of drug-likeness (QED) is 0.591. The predicted octanol–water partition coefficient (Wildman–Crippen LogP) is 4.52. The number of methoxy groups -OCH3 is 2. The Kier molecular flexibility index (Phi) is 5.59. The van der Waals surface area contributed by atoms with Gasteiger partial charge in [0.25, 0.3) is 5.91 Å². The Morgan fingerprint density at radius 1 is 1.20 bits per heavy atom. The van der Waals surface area contributed by atoms with Gasteiger partial charge in [0, 0.05) is 17.1 Å². The van der Waals surface area contributed by atoms with E-state index < -0.39 is 17.8 Å². The van der Waals surface area contributed by atoms with Crippen molar-refractivity contribution in [2.75, 3.05) is 20.8 Å². The van der Waals surface area contributed by atoms with E-state index in [1.165, 1.54) is 18.2 Å². The summed E-state index contributed by atoms with van der Waals surface area (Å²) >= 11 is 5.94. The zero-order chi connectivity index (χ0) is 21.3. The Balaban J connectivity index is 1.61. The molecule has 156 valence electrons. The highest BCUT2D eigenvalue weighted by Crippen LogP contribution is 2.35. The van der Waals surface area contributed by atoms with Gasteiger partial charge in [-0.1, -0.05) is 16.8 Å². The first-order valence-corrected chi connectivity index (χ1v) is 9.71. The Labute approximate surface area is 177 Å². The number of aromatic nitrogens is 2. The molecule has 7 nitrogen and oxygen atoms in total. The number of amides is 1. The van der Waals surface area contributed by atoms with Gasteiger partial charge < -0.3 is 18.9 Å². The van der Waals surface area contributed by atoms with Crippen LogP contribution in [0.3, 0.4) is 0 Å². The Morgan fingerprint density at radius 2 is 2.00 bits per heavy atom. The lowest BCUT2D eigenvalue weighted by molar-refractivity contribution is 0.0705. The van der Waals surface area contributed by atoms with Crippen molar-refractivity contribution in [3.8, 4) is 22.9 Å². The number of halogens is 2. The number of hydrogen-bond acceptors (Lipinski definition) is 6. The highest BCUT2D eigenvalue weighted by Gasteiger charge is 2.35. The second-order valence-corrected chi connectivity index (χ2v) is 7.24. The van der Waals surface area contributed by atoms with Crippen molar-refractivity contribution in [1.82, 2.24) is 15.0 Å². The molecule has 0 N–H and O–H groups in total. The summed E-state index contributed by atoms with van der Waals surface area (Å²) in [6.07, 6.45) is 1.38. The maximum atomic E-state index is 14.2. The molecule has 30 heavy (non-hydrogen) atoms. The smallest absolute Gasteiger partial charge is 0.257 e. The Bertz CT molecular complexity index is 1090. The van der Waals surface area contributed by atoms with Crippen LogP contribution in [0.25, 0.3) is 11.4 Å². The second-order valence-electron chi connectivity index (χ2n) is 6.81. The summed E-state index contributed by atoms with van der Waals surface area (Å²) in [5.74, 6) is 0.707. The van der Waals surface area contributed by atoms with Gasteiger partial charge in [0.1, 0.15) is 11.9 Å². The van der Waals surface area contributed by atoms with E-state index in [2.05, 4.69) is 10.1 Å². The van der Waals surface area contributed by atoms with Gasteiger partial charge >= 0.3 is 0 Å². The van der Waals surface area contributed by atoms with Crippen molar-refractivity contribution >= 4 is 17.5 Å². The minimum Gasteiger partial charge on any atom is -0.493 e. The molecule has 0 bridgehead atoms. The summed E-state index contributed by atoms with van der Waals surface area (Å²) < 4.78 is 30.2. The van der Waals surface area contributed by atoms with Crippen LogP contribution in [0.4, 0.5) is 4.39 Å². The standard InChI is InChI=1S/C21H19ClFN3O4/c1-28-17-8-5-12(10-18(17)29-2)19-24-20(30-25-19)16-4-3-9-26(16)21(27)14-11-13(22)6-7-15(14)23/h5-8,10-11,16H,3-4,9H2,1-2H3/t16-/m1/s1. The fourth-order valence-electron chi connectivity index (χ4n) is 3.55. The van der Waals surface area contributed by atoms with Crippen molar-refractivity contribution in [3.63, 3.8) is 0 Å². The first kappa shape index (κ1) is 20.2. The Morgan fingerprint density at radius 3 is 2.77 bits per heavy atom. The van der Waals surface area contributed by atoms with Crippen LogP contribution in [0.5, 0.6) is 11.5 Å². The number of ether oxygens (including phenoxy) is 2. The van der Waals surface area contributed by atoms with E-state index in [0.29, 0.717) is 46.8 Å². The van der Waals surface area contributed by atoms with Crippen molar-refractivity contribution in [2.24, 2.45) is 0 Å². The van der Waals surface area contributed by atoms with E-state index in [1.807, 2.05) is 0 Å². The molecule has 1 aromatic heterocycles. The Hall–Kier alpha value is -3.13.